The van der Waals surface area contributed by atoms with Crippen molar-refractivity contribution >= 4 is 31.7 Å². The molecular weight excluding hydrogens is 703 g/mol. The van der Waals surface area contributed by atoms with Crippen LogP contribution in [0.3, 0.4) is 0 Å². The van der Waals surface area contributed by atoms with Gasteiger partial charge in [0.1, 0.15) is 24.1 Å². The molecule has 1 saturated heterocycles. The number of benzene rings is 5. The van der Waals surface area contributed by atoms with Gasteiger partial charge in [-0.1, -0.05) is 98.8 Å². The summed E-state index contributed by atoms with van der Waals surface area (Å²) >= 11 is 0. The summed E-state index contributed by atoms with van der Waals surface area (Å²) in [6.45, 7) is 9.02. The fourth-order valence-corrected chi connectivity index (χ4v) is 9.13. The van der Waals surface area contributed by atoms with E-state index < -0.39 is 20.5 Å². The van der Waals surface area contributed by atoms with Crippen molar-refractivity contribution in [3.8, 4) is 22.6 Å². The molecule has 8 nitrogen and oxygen atoms in total. The number of ether oxygens (including phenoxy) is 2. The summed E-state index contributed by atoms with van der Waals surface area (Å²) in [6.07, 6.45) is 2.48. The zero-order chi connectivity index (χ0) is 38.5. The third-order valence-corrected chi connectivity index (χ3v) is 15.9. The number of hydrogen-bond donors (Lipinski definition) is 3. The van der Waals surface area contributed by atoms with Crippen LogP contribution in [0.2, 0.25) is 18.1 Å². The van der Waals surface area contributed by atoms with Crippen LogP contribution in [-0.2, 0) is 16.0 Å². The van der Waals surface area contributed by atoms with Gasteiger partial charge in [-0.2, -0.15) is 0 Å². The highest BCUT2D eigenvalue weighted by Gasteiger charge is 2.39. The maximum atomic E-state index is 13.8. The number of fused-ring (bicyclic) bond motifs is 5. The first-order chi connectivity index (χ1) is 26.4. The fraction of sp³-hybridized carbons (Fsp3) is 0.304. The lowest BCUT2D eigenvalue weighted by Gasteiger charge is -2.36. The minimum Gasteiger partial charge on any atom is -0.457 e. The van der Waals surface area contributed by atoms with Crippen LogP contribution in [-0.4, -0.2) is 49.2 Å². The Kier molecular flexibility index (Phi) is 9.55. The lowest BCUT2D eigenvalue weighted by molar-refractivity contribution is -0.120. The number of anilines is 2. The zero-order valence-corrected chi connectivity index (χ0v) is 33.0. The smallest absolute Gasteiger partial charge is 0.410 e. The average Bonchev–Trinajstić information content (AvgIpc) is 3.79. The van der Waals surface area contributed by atoms with Crippen molar-refractivity contribution in [2.24, 2.45) is 0 Å². The van der Waals surface area contributed by atoms with Crippen LogP contribution in [0, 0.1) is 0 Å². The van der Waals surface area contributed by atoms with E-state index in [0.29, 0.717) is 42.3 Å². The summed E-state index contributed by atoms with van der Waals surface area (Å²) < 4.78 is 12.5. The summed E-state index contributed by atoms with van der Waals surface area (Å²) in [5.74, 6) is 0.879. The predicted molar refractivity (Wildman–Crippen MR) is 220 cm³/mol. The monoisotopic (exact) mass is 751 g/mol. The number of nitrogens with two attached hydrogens (primary N) is 1. The van der Waals surface area contributed by atoms with Gasteiger partial charge in [0.25, 0.3) is 0 Å². The number of nitrogen functional groups attached to an aromatic ring is 1. The normalized spacial score (nSPS) is 17.4. The molecule has 5 aromatic carbocycles. The Balaban J connectivity index is 1.01. The number of carbonyl (C=O) groups is 2. The molecule has 2 aliphatic heterocycles. The van der Waals surface area contributed by atoms with E-state index in [-0.39, 0.29) is 29.4 Å². The first-order valence-corrected chi connectivity index (χ1v) is 22.3. The van der Waals surface area contributed by atoms with E-state index in [1.165, 1.54) is 22.3 Å². The summed E-state index contributed by atoms with van der Waals surface area (Å²) in [4.78, 5) is 40.0. The molecule has 8 rings (SSSR count). The van der Waals surface area contributed by atoms with Crippen molar-refractivity contribution in [1.82, 2.24) is 4.90 Å². The van der Waals surface area contributed by atoms with Crippen LogP contribution >= 0.6 is 0 Å². The minimum absolute atomic E-state index is 0.0563. The molecule has 3 aliphatic rings. The molecule has 282 valence electrons. The molecule has 0 spiro atoms. The van der Waals surface area contributed by atoms with Crippen molar-refractivity contribution < 1.29 is 23.9 Å². The fourth-order valence-electron chi connectivity index (χ4n) is 8.39. The topological polar surface area (TPSA) is 114 Å². The van der Waals surface area contributed by atoms with Crippen LogP contribution < -0.4 is 15.8 Å². The summed E-state index contributed by atoms with van der Waals surface area (Å²) in [5, 5.41) is 2.92. The Morgan fingerprint density at radius 3 is 2.16 bits per heavy atom. The highest BCUT2D eigenvalue weighted by atomic mass is 28.4. The second-order valence-electron chi connectivity index (χ2n) is 16.4. The molecule has 0 aromatic heterocycles. The number of likely N-dealkylation sites (tertiary alicyclic amines) is 1. The van der Waals surface area contributed by atoms with Gasteiger partial charge in [-0.3, -0.25) is 9.69 Å². The van der Waals surface area contributed by atoms with Gasteiger partial charge in [-0.25, -0.2) is 4.79 Å². The van der Waals surface area contributed by atoms with Gasteiger partial charge in [0.05, 0.1) is 0 Å². The van der Waals surface area contributed by atoms with Crippen molar-refractivity contribution in [3.63, 3.8) is 0 Å². The van der Waals surface area contributed by atoms with Crippen LogP contribution in [0.25, 0.3) is 11.1 Å². The highest BCUT2D eigenvalue weighted by molar-refractivity contribution is 6.72. The van der Waals surface area contributed by atoms with Crippen molar-refractivity contribution in [2.45, 2.75) is 75.5 Å². The van der Waals surface area contributed by atoms with Crippen molar-refractivity contribution in [1.29, 1.82) is 0 Å². The molecule has 2 amide bonds. The molecule has 2 atom stereocenters. The lowest BCUT2D eigenvalue weighted by atomic mass is 9.79. The third kappa shape index (κ3) is 6.91. The van der Waals surface area contributed by atoms with Crippen LogP contribution in [0.15, 0.2) is 109 Å². The second-order valence-corrected chi connectivity index (χ2v) is 20.8. The number of aryl methyl sites for hydroxylation is 1. The van der Waals surface area contributed by atoms with Gasteiger partial charge in [0, 0.05) is 53.0 Å². The standard InChI is InChI=1S/C46H49N3O5Si/c1-46(2,55(3,4)52)24-23-29-12-5-6-13-32(29)43-37-21-19-30(47)26-41(37)54-42-27-31(20-22-38(42)43)48-44(50)40-18-11-25-49(40)45(51)53-28-39-35-16-9-7-14-33(35)34-15-8-10-17-36(34)39/h5-10,12-17,19-22,26-27,39-40,43,52H,11,18,23-25,28,47H2,1-4H3,(H,48,50)/t40-,43?/m0/s1. The minimum atomic E-state index is -2.39. The van der Waals surface area contributed by atoms with Crippen LogP contribution in [0.1, 0.15) is 78.3 Å². The summed E-state index contributed by atoms with van der Waals surface area (Å²) in [6, 6.07) is 36.0. The molecule has 9 heteroatoms. The Morgan fingerprint density at radius 2 is 1.47 bits per heavy atom. The van der Waals surface area contributed by atoms with Crippen LogP contribution in [0.5, 0.6) is 11.5 Å². The van der Waals surface area contributed by atoms with E-state index in [1.807, 2.05) is 73.8 Å². The first-order valence-electron chi connectivity index (χ1n) is 19.3. The van der Waals surface area contributed by atoms with Gasteiger partial charge in [-0.05, 0) is 89.3 Å². The predicted octanol–water partition coefficient (Wildman–Crippen LogP) is 9.82. The van der Waals surface area contributed by atoms with Crippen LogP contribution in [0.4, 0.5) is 16.2 Å². The molecule has 1 aliphatic carbocycles. The number of hydrogen-bond acceptors (Lipinski definition) is 6. The first kappa shape index (κ1) is 36.6. The van der Waals surface area contributed by atoms with Gasteiger partial charge in [0.15, 0.2) is 8.32 Å². The molecule has 0 bridgehead atoms. The highest BCUT2D eigenvalue weighted by Crippen LogP contribution is 2.50. The molecule has 2 heterocycles. The molecule has 55 heavy (non-hydrogen) atoms. The second kappa shape index (κ2) is 14.4. The Bertz CT molecular complexity index is 2240. The molecule has 0 saturated carbocycles. The Morgan fingerprint density at radius 1 is 0.855 bits per heavy atom. The van der Waals surface area contributed by atoms with Gasteiger partial charge >= 0.3 is 6.09 Å². The Labute approximate surface area is 324 Å². The maximum Gasteiger partial charge on any atom is 0.410 e. The summed E-state index contributed by atoms with van der Waals surface area (Å²) in [5.41, 5.74) is 16.5. The molecule has 1 unspecified atom stereocenters. The van der Waals surface area contributed by atoms with Gasteiger partial charge in [0.2, 0.25) is 5.91 Å². The largest absolute Gasteiger partial charge is 0.457 e. The van der Waals surface area contributed by atoms with E-state index in [4.69, 9.17) is 15.2 Å². The third-order valence-electron chi connectivity index (χ3n) is 12.3. The van der Waals surface area contributed by atoms with E-state index >= 15 is 0 Å². The average molecular weight is 752 g/mol. The van der Waals surface area contributed by atoms with E-state index in [1.54, 1.807) is 4.90 Å². The van der Waals surface area contributed by atoms with E-state index in [9.17, 15) is 14.4 Å². The van der Waals surface area contributed by atoms with Crippen molar-refractivity contribution in [3.05, 3.63) is 143 Å². The van der Waals surface area contributed by atoms with E-state index in [0.717, 1.165) is 35.1 Å². The van der Waals surface area contributed by atoms with E-state index in [2.05, 4.69) is 67.7 Å². The quantitative estimate of drug-likeness (QED) is 0.100. The summed E-state index contributed by atoms with van der Waals surface area (Å²) in [7, 11) is -2.39. The number of amides is 2. The molecule has 1 fully saturated rings. The van der Waals surface area contributed by atoms with Crippen molar-refractivity contribution in [2.75, 3.05) is 24.2 Å². The molecule has 4 N–H and O–H groups in total. The molecule has 5 aromatic rings. The molecular formula is C46H49N3O5Si. The lowest BCUT2D eigenvalue weighted by Crippen LogP contribution is -2.43. The van der Waals surface area contributed by atoms with Gasteiger partial charge < -0.3 is 25.3 Å². The zero-order valence-electron chi connectivity index (χ0n) is 32.0. The number of nitrogens with one attached hydrogen (secondary N) is 1. The Hall–Kier alpha value is -5.38. The number of carbonyl (C=O) groups excluding carboxylic acids is 2. The van der Waals surface area contributed by atoms with Gasteiger partial charge in [-0.15, -0.1) is 0 Å². The molecule has 0 radical (unpaired) electrons. The number of rotatable bonds is 9. The maximum absolute atomic E-state index is 13.8. The SMILES string of the molecule is CC(C)(CCc1ccccc1C1c2ccc(N)cc2Oc2cc(NC(=O)[C@@H]3CCCN3C(=O)OCC3c4ccccc4-c4ccccc43)ccc21)[Si](C)(C)O. The number of nitrogens with zero attached hydrogens (tertiary/aromatic N) is 1.